The largest absolute Gasteiger partial charge is 0.464 e. The molecule has 0 bridgehead atoms. The summed E-state index contributed by atoms with van der Waals surface area (Å²) in [6, 6.07) is -0.308. The number of carbonyl (C=O) groups is 3. The number of amides is 1. The summed E-state index contributed by atoms with van der Waals surface area (Å²) >= 11 is 0. The Kier molecular flexibility index (Phi) is 6.81. The molecule has 0 N–H and O–H groups in total. The molecule has 1 rings (SSSR count). The second kappa shape index (κ2) is 8.42. The molecule has 0 saturated carbocycles. The van der Waals surface area contributed by atoms with Gasteiger partial charge in [-0.05, 0) is 13.3 Å². The van der Waals surface area contributed by atoms with Gasteiger partial charge in [0, 0.05) is 13.0 Å². The third-order valence-corrected chi connectivity index (χ3v) is 2.74. The lowest BCUT2D eigenvalue weighted by atomic mass is 10.2. The molecule has 19 heavy (non-hydrogen) atoms. The van der Waals surface area contributed by atoms with Crippen molar-refractivity contribution < 1.29 is 23.9 Å². The average Bonchev–Trinajstić information content (AvgIpc) is 2.75. The van der Waals surface area contributed by atoms with Crippen molar-refractivity contribution >= 4 is 18.2 Å². The van der Waals surface area contributed by atoms with Gasteiger partial charge >= 0.3 is 5.97 Å². The number of hydrogen-bond donors (Lipinski definition) is 0. The van der Waals surface area contributed by atoms with Gasteiger partial charge in [0.25, 0.3) is 0 Å². The van der Waals surface area contributed by atoms with Crippen molar-refractivity contribution in [2.24, 2.45) is 0 Å². The van der Waals surface area contributed by atoms with Gasteiger partial charge in [-0.1, -0.05) is 12.2 Å². The lowest BCUT2D eigenvalue weighted by Gasteiger charge is -2.18. The molecule has 6 nitrogen and oxygen atoms in total. The zero-order valence-corrected chi connectivity index (χ0v) is 11.0. The van der Waals surface area contributed by atoms with Gasteiger partial charge in [-0.25, -0.2) is 4.79 Å². The number of hydrogen-bond acceptors (Lipinski definition) is 5. The third kappa shape index (κ3) is 5.21. The first-order valence-corrected chi connectivity index (χ1v) is 6.32. The quantitative estimate of drug-likeness (QED) is 0.274. The summed E-state index contributed by atoms with van der Waals surface area (Å²) in [5.41, 5.74) is 0. The Morgan fingerprint density at radius 2 is 2.26 bits per heavy atom. The molecular weight excluding hydrogens is 250 g/mol. The summed E-state index contributed by atoms with van der Waals surface area (Å²) in [7, 11) is 0. The third-order valence-electron chi connectivity index (χ3n) is 2.74. The Morgan fingerprint density at radius 1 is 1.47 bits per heavy atom. The Labute approximate surface area is 112 Å². The molecule has 1 fully saturated rings. The van der Waals surface area contributed by atoms with Gasteiger partial charge in [-0.3, -0.25) is 4.79 Å². The Morgan fingerprint density at radius 3 is 2.95 bits per heavy atom. The van der Waals surface area contributed by atoms with Crippen LogP contribution in [0.1, 0.15) is 19.8 Å². The maximum absolute atomic E-state index is 11.5. The van der Waals surface area contributed by atoms with Gasteiger partial charge in [0.1, 0.15) is 12.9 Å². The molecule has 1 amide bonds. The topological polar surface area (TPSA) is 72.9 Å². The molecule has 1 atom stereocenters. The minimum Gasteiger partial charge on any atom is -0.464 e. The smallest absolute Gasteiger partial charge is 0.332 e. The summed E-state index contributed by atoms with van der Waals surface area (Å²) < 4.78 is 9.75. The predicted octanol–water partition coefficient (Wildman–Crippen LogP) is 0.312. The predicted molar refractivity (Wildman–Crippen MR) is 67.4 cm³/mol. The van der Waals surface area contributed by atoms with Crippen LogP contribution < -0.4 is 0 Å². The average molecular weight is 269 g/mol. The Hall–Kier alpha value is -1.69. The van der Waals surface area contributed by atoms with Gasteiger partial charge in [-0.2, -0.15) is 0 Å². The maximum Gasteiger partial charge on any atom is 0.332 e. The van der Waals surface area contributed by atoms with Gasteiger partial charge < -0.3 is 19.2 Å². The van der Waals surface area contributed by atoms with Gasteiger partial charge in [0.05, 0.1) is 19.3 Å². The van der Waals surface area contributed by atoms with E-state index in [2.05, 4.69) is 0 Å². The number of likely N-dealkylation sites (tertiary alicyclic amines) is 1. The minimum atomic E-state index is -0.397. The van der Waals surface area contributed by atoms with Crippen LogP contribution in [0, 0.1) is 0 Å². The molecule has 6 heteroatoms. The minimum absolute atomic E-state index is 0.00538. The molecule has 1 saturated heterocycles. The van der Waals surface area contributed by atoms with E-state index in [0.29, 0.717) is 26.0 Å². The van der Waals surface area contributed by atoms with Gasteiger partial charge in [0.15, 0.2) is 0 Å². The van der Waals surface area contributed by atoms with E-state index in [1.165, 1.54) is 4.90 Å². The fraction of sp³-hybridized carbons (Fsp3) is 0.615. The van der Waals surface area contributed by atoms with Crippen molar-refractivity contribution in [2.75, 3.05) is 26.4 Å². The number of esters is 1. The highest BCUT2D eigenvalue weighted by molar-refractivity contribution is 5.83. The molecule has 1 heterocycles. The summed E-state index contributed by atoms with van der Waals surface area (Å²) in [6.45, 7) is 2.64. The van der Waals surface area contributed by atoms with E-state index in [1.807, 2.05) is 0 Å². The zero-order valence-electron chi connectivity index (χ0n) is 11.0. The van der Waals surface area contributed by atoms with Crippen LogP contribution in [0.4, 0.5) is 0 Å². The number of nitrogens with zero attached hydrogens (tertiary/aromatic N) is 1. The number of rotatable bonds is 8. The molecule has 1 unspecified atom stereocenters. The van der Waals surface area contributed by atoms with E-state index in [9.17, 15) is 14.4 Å². The van der Waals surface area contributed by atoms with E-state index in [4.69, 9.17) is 9.47 Å². The zero-order chi connectivity index (χ0) is 14.1. The van der Waals surface area contributed by atoms with Crippen LogP contribution in [0.25, 0.3) is 0 Å². The Balaban J connectivity index is 2.18. The first kappa shape index (κ1) is 15.4. The van der Waals surface area contributed by atoms with Gasteiger partial charge in [0.2, 0.25) is 5.91 Å². The highest BCUT2D eigenvalue weighted by atomic mass is 16.6. The van der Waals surface area contributed by atoms with E-state index < -0.39 is 5.97 Å². The summed E-state index contributed by atoms with van der Waals surface area (Å²) in [5.74, 6) is -0.402. The van der Waals surface area contributed by atoms with Crippen LogP contribution in [0.5, 0.6) is 0 Å². The van der Waals surface area contributed by atoms with Crippen molar-refractivity contribution in [1.82, 2.24) is 4.90 Å². The monoisotopic (exact) mass is 269 g/mol. The summed E-state index contributed by atoms with van der Waals surface area (Å²) in [5, 5.41) is 0. The van der Waals surface area contributed by atoms with Crippen LogP contribution in [0.15, 0.2) is 12.2 Å². The molecule has 0 aliphatic carbocycles. The van der Waals surface area contributed by atoms with Crippen LogP contribution in [0.3, 0.4) is 0 Å². The molecule has 0 radical (unpaired) electrons. The lowest BCUT2D eigenvalue weighted by Crippen LogP contribution is -2.34. The SMILES string of the molecule is CCOC(=O)COCC=CCN1C(=O)CCC1C=O. The van der Waals surface area contributed by atoms with Crippen molar-refractivity contribution in [1.29, 1.82) is 0 Å². The molecule has 0 spiro atoms. The van der Waals surface area contributed by atoms with Crippen LogP contribution in [-0.2, 0) is 23.9 Å². The molecule has 1 aliphatic rings. The van der Waals surface area contributed by atoms with E-state index >= 15 is 0 Å². The first-order valence-electron chi connectivity index (χ1n) is 6.32. The number of ether oxygens (including phenoxy) is 2. The van der Waals surface area contributed by atoms with E-state index in [0.717, 1.165) is 6.29 Å². The van der Waals surface area contributed by atoms with E-state index in [1.54, 1.807) is 19.1 Å². The molecule has 0 aromatic heterocycles. The fourth-order valence-electron chi connectivity index (χ4n) is 1.80. The lowest BCUT2D eigenvalue weighted by molar-refractivity contribution is -0.148. The second-order valence-corrected chi connectivity index (χ2v) is 4.08. The van der Waals surface area contributed by atoms with Crippen molar-refractivity contribution in [3.8, 4) is 0 Å². The molecule has 1 aliphatic heterocycles. The number of aldehydes is 1. The van der Waals surface area contributed by atoms with Crippen molar-refractivity contribution in [3.63, 3.8) is 0 Å². The second-order valence-electron chi connectivity index (χ2n) is 4.08. The van der Waals surface area contributed by atoms with Gasteiger partial charge in [-0.15, -0.1) is 0 Å². The van der Waals surface area contributed by atoms with Crippen LogP contribution in [0.2, 0.25) is 0 Å². The van der Waals surface area contributed by atoms with Crippen molar-refractivity contribution in [2.45, 2.75) is 25.8 Å². The molecule has 0 aromatic carbocycles. The molecule has 106 valence electrons. The maximum atomic E-state index is 11.5. The molecule has 0 aromatic rings. The summed E-state index contributed by atoms with van der Waals surface area (Å²) in [6.07, 6.45) is 5.29. The van der Waals surface area contributed by atoms with Crippen LogP contribution >= 0.6 is 0 Å². The Bertz CT molecular complexity index is 353. The highest BCUT2D eigenvalue weighted by Gasteiger charge is 2.29. The first-order chi connectivity index (χ1) is 9.19. The summed E-state index contributed by atoms with van der Waals surface area (Å²) in [4.78, 5) is 34.7. The molecular formula is C13H19NO5. The van der Waals surface area contributed by atoms with Crippen LogP contribution in [-0.4, -0.2) is 55.5 Å². The number of carbonyl (C=O) groups excluding carboxylic acids is 3. The highest BCUT2D eigenvalue weighted by Crippen LogP contribution is 2.16. The van der Waals surface area contributed by atoms with E-state index in [-0.39, 0.29) is 25.2 Å². The fourth-order valence-corrected chi connectivity index (χ4v) is 1.80. The van der Waals surface area contributed by atoms with Crippen molar-refractivity contribution in [3.05, 3.63) is 12.2 Å². The standard InChI is InChI=1S/C13H19NO5/c1-2-19-13(17)10-18-8-4-3-7-14-11(9-15)5-6-12(14)16/h3-4,9,11H,2,5-8,10H2,1H3. The normalized spacial score (nSPS) is 19.1.